The molecule has 0 aliphatic heterocycles. The number of rotatable bonds is 2. The number of anilines is 1. The van der Waals surface area contributed by atoms with Crippen LogP contribution in [-0.4, -0.2) is 0 Å². The number of aryl methyl sites for hydroxylation is 1. The molecule has 1 aliphatic rings. The summed E-state index contributed by atoms with van der Waals surface area (Å²) >= 11 is 13.3. The van der Waals surface area contributed by atoms with Crippen LogP contribution in [0.2, 0.25) is 9.36 Å². The summed E-state index contributed by atoms with van der Waals surface area (Å²) in [4.78, 5) is 1.30. The predicted octanol–water partition coefficient (Wildman–Crippen LogP) is 5.29. The number of benzene rings is 1. The molecule has 1 heterocycles. The lowest BCUT2D eigenvalue weighted by molar-refractivity contribution is 0.625. The molecule has 0 saturated carbocycles. The van der Waals surface area contributed by atoms with Crippen LogP contribution in [-0.2, 0) is 6.42 Å². The third kappa shape index (κ3) is 2.22. The Hall–Kier alpha value is -0.770. The molecule has 1 aliphatic carbocycles. The molecule has 1 N–H and O–H groups in total. The highest BCUT2D eigenvalue weighted by molar-refractivity contribution is 7.16. The van der Waals surface area contributed by atoms with E-state index in [-0.39, 0.29) is 11.9 Å². The summed E-state index contributed by atoms with van der Waals surface area (Å²) in [6.45, 7) is 0. The minimum absolute atomic E-state index is 0.138. The first-order chi connectivity index (χ1) is 8.63. The van der Waals surface area contributed by atoms with Crippen molar-refractivity contribution in [1.82, 2.24) is 0 Å². The van der Waals surface area contributed by atoms with Crippen molar-refractivity contribution in [2.45, 2.75) is 18.9 Å². The molecule has 1 unspecified atom stereocenters. The van der Waals surface area contributed by atoms with Gasteiger partial charge in [0.25, 0.3) is 0 Å². The normalized spacial score (nSPS) is 17.8. The van der Waals surface area contributed by atoms with Crippen LogP contribution < -0.4 is 5.32 Å². The summed E-state index contributed by atoms with van der Waals surface area (Å²) < 4.78 is 14.5. The lowest BCUT2D eigenvalue weighted by Gasteiger charge is -2.15. The van der Waals surface area contributed by atoms with Crippen molar-refractivity contribution in [1.29, 1.82) is 0 Å². The van der Waals surface area contributed by atoms with Gasteiger partial charge >= 0.3 is 0 Å². The molecule has 0 saturated heterocycles. The molecule has 0 spiro atoms. The van der Waals surface area contributed by atoms with Crippen LogP contribution in [0.25, 0.3) is 0 Å². The Morgan fingerprint density at radius 1 is 1.28 bits per heavy atom. The van der Waals surface area contributed by atoms with Crippen LogP contribution in [0.3, 0.4) is 0 Å². The summed E-state index contributed by atoms with van der Waals surface area (Å²) in [7, 11) is 0. The van der Waals surface area contributed by atoms with E-state index in [2.05, 4.69) is 5.32 Å². The SMILES string of the molecule is Fc1cc(Cl)ccc1NC1CCc2sc(Cl)cc21. The van der Waals surface area contributed by atoms with E-state index in [1.807, 2.05) is 6.07 Å². The lowest BCUT2D eigenvalue weighted by Crippen LogP contribution is -2.07. The second-order valence-corrected chi connectivity index (χ2v) is 6.49. The summed E-state index contributed by atoms with van der Waals surface area (Å²) in [5.41, 5.74) is 1.68. The molecular formula is C13H10Cl2FNS. The predicted molar refractivity (Wildman–Crippen MR) is 75.4 cm³/mol. The van der Waals surface area contributed by atoms with E-state index in [1.54, 1.807) is 23.5 Å². The van der Waals surface area contributed by atoms with E-state index >= 15 is 0 Å². The monoisotopic (exact) mass is 301 g/mol. The average molecular weight is 302 g/mol. The number of hydrogen-bond donors (Lipinski definition) is 1. The highest BCUT2D eigenvalue weighted by Gasteiger charge is 2.25. The zero-order valence-electron chi connectivity index (χ0n) is 9.34. The van der Waals surface area contributed by atoms with Crippen LogP contribution in [0.1, 0.15) is 22.9 Å². The van der Waals surface area contributed by atoms with Gasteiger partial charge in [-0.1, -0.05) is 23.2 Å². The van der Waals surface area contributed by atoms with Crippen molar-refractivity contribution in [3.8, 4) is 0 Å². The number of nitrogens with one attached hydrogen (secondary N) is 1. The van der Waals surface area contributed by atoms with Crippen molar-refractivity contribution in [3.05, 3.63) is 49.9 Å². The summed E-state index contributed by atoms with van der Waals surface area (Å²) in [6.07, 6.45) is 1.97. The van der Waals surface area contributed by atoms with Crippen molar-refractivity contribution in [2.24, 2.45) is 0 Å². The van der Waals surface area contributed by atoms with Gasteiger partial charge in [0.2, 0.25) is 0 Å². The maximum atomic E-state index is 13.7. The first-order valence-corrected chi connectivity index (χ1v) is 7.20. The summed E-state index contributed by atoms with van der Waals surface area (Å²) in [5.74, 6) is -0.322. The molecule has 0 amide bonds. The Balaban J connectivity index is 1.85. The minimum atomic E-state index is -0.322. The Bertz CT molecular complexity index is 597. The maximum absolute atomic E-state index is 13.7. The fraction of sp³-hybridized carbons (Fsp3) is 0.231. The highest BCUT2D eigenvalue weighted by Crippen LogP contribution is 2.41. The Morgan fingerprint density at radius 3 is 2.89 bits per heavy atom. The maximum Gasteiger partial charge on any atom is 0.147 e. The lowest BCUT2D eigenvalue weighted by atomic mass is 10.1. The van der Waals surface area contributed by atoms with Gasteiger partial charge < -0.3 is 5.32 Å². The smallest absolute Gasteiger partial charge is 0.147 e. The molecule has 1 atom stereocenters. The fourth-order valence-corrected chi connectivity index (χ4v) is 3.79. The van der Waals surface area contributed by atoms with E-state index < -0.39 is 0 Å². The van der Waals surface area contributed by atoms with Gasteiger partial charge in [0.05, 0.1) is 16.1 Å². The summed E-state index contributed by atoms with van der Waals surface area (Å²) in [6, 6.07) is 6.78. The Kier molecular flexibility index (Phi) is 3.22. The van der Waals surface area contributed by atoms with E-state index in [0.29, 0.717) is 10.7 Å². The van der Waals surface area contributed by atoms with Crippen LogP contribution in [0.5, 0.6) is 0 Å². The summed E-state index contributed by atoms with van der Waals surface area (Å²) in [5, 5.41) is 3.63. The molecule has 94 valence electrons. The topological polar surface area (TPSA) is 12.0 Å². The Labute approximate surface area is 119 Å². The average Bonchev–Trinajstić information content (AvgIpc) is 2.83. The molecule has 18 heavy (non-hydrogen) atoms. The molecule has 1 aromatic carbocycles. The van der Waals surface area contributed by atoms with E-state index in [9.17, 15) is 4.39 Å². The van der Waals surface area contributed by atoms with Gasteiger partial charge in [0, 0.05) is 9.90 Å². The second-order valence-electron chi connectivity index (χ2n) is 4.29. The number of thiophene rings is 1. The van der Waals surface area contributed by atoms with Gasteiger partial charge in [-0.15, -0.1) is 11.3 Å². The molecule has 2 aromatic rings. The van der Waals surface area contributed by atoms with Crippen LogP contribution in [0.4, 0.5) is 10.1 Å². The van der Waals surface area contributed by atoms with Crippen LogP contribution >= 0.6 is 34.5 Å². The van der Waals surface area contributed by atoms with Crippen LogP contribution in [0.15, 0.2) is 24.3 Å². The molecule has 5 heteroatoms. The zero-order valence-corrected chi connectivity index (χ0v) is 11.7. The number of fused-ring (bicyclic) bond motifs is 1. The van der Waals surface area contributed by atoms with Crippen LogP contribution in [0, 0.1) is 5.82 Å². The standard InChI is InChI=1S/C13H10Cl2FNS/c14-7-1-2-11(9(16)5-7)17-10-3-4-12-8(10)6-13(15)18-12/h1-2,5-6,10,17H,3-4H2. The fourth-order valence-electron chi connectivity index (χ4n) is 2.27. The first-order valence-electron chi connectivity index (χ1n) is 5.63. The van der Waals surface area contributed by atoms with Gasteiger partial charge in [-0.3, -0.25) is 0 Å². The number of halogens is 3. The van der Waals surface area contributed by atoms with Crippen molar-refractivity contribution < 1.29 is 4.39 Å². The molecule has 3 rings (SSSR count). The third-order valence-corrected chi connectivity index (χ3v) is 4.68. The van der Waals surface area contributed by atoms with Gasteiger partial charge in [0.15, 0.2) is 0 Å². The van der Waals surface area contributed by atoms with Gasteiger partial charge in [-0.05, 0) is 42.7 Å². The highest BCUT2D eigenvalue weighted by atomic mass is 35.5. The van der Waals surface area contributed by atoms with Gasteiger partial charge in [-0.25, -0.2) is 4.39 Å². The zero-order chi connectivity index (χ0) is 12.7. The van der Waals surface area contributed by atoms with Gasteiger partial charge in [-0.2, -0.15) is 0 Å². The van der Waals surface area contributed by atoms with E-state index in [1.165, 1.54) is 16.5 Å². The molecule has 0 radical (unpaired) electrons. The second kappa shape index (κ2) is 4.72. The Morgan fingerprint density at radius 2 is 2.11 bits per heavy atom. The molecular weight excluding hydrogens is 292 g/mol. The molecule has 0 fully saturated rings. The third-order valence-electron chi connectivity index (χ3n) is 3.11. The molecule has 1 nitrogen and oxygen atoms in total. The largest absolute Gasteiger partial charge is 0.376 e. The number of hydrogen-bond acceptors (Lipinski definition) is 2. The molecule has 0 bridgehead atoms. The van der Waals surface area contributed by atoms with Crippen molar-refractivity contribution >= 4 is 40.2 Å². The van der Waals surface area contributed by atoms with E-state index in [4.69, 9.17) is 23.2 Å². The molecule has 1 aromatic heterocycles. The first kappa shape index (κ1) is 12.3. The minimum Gasteiger partial charge on any atom is -0.376 e. The van der Waals surface area contributed by atoms with Crippen molar-refractivity contribution in [2.75, 3.05) is 5.32 Å². The van der Waals surface area contributed by atoms with Gasteiger partial charge in [0.1, 0.15) is 5.82 Å². The quantitative estimate of drug-likeness (QED) is 0.794. The van der Waals surface area contributed by atoms with Crippen molar-refractivity contribution in [3.63, 3.8) is 0 Å². The van der Waals surface area contributed by atoms with E-state index in [0.717, 1.165) is 17.2 Å².